The Morgan fingerprint density at radius 2 is 1.86 bits per heavy atom. The van der Waals surface area contributed by atoms with Crippen LogP contribution in [0.25, 0.3) is 0 Å². The van der Waals surface area contributed by atoms with E-state index in [-0.39, 0.29) is 5.82 Å². The van der Waals surface area contributed by atoms with Crippen molar-refractivity contribution < 1.29 is 23.1 Å². The third-order valence-electron chi connectivity index (χ3n) is 2.85. The smallest absolute Gasteiger partial charge is 0.338 e. The van der Waals surface area contributed by atoms with E-state index in [1.54, 1.807) is 19.9 Å². The lowest BCUT2D eigenvalue weighted by Crippen LogP contribution is -2.10. The van der Waals surface area contributed by atoms with Crippen LogP contribution >= 0.6 is 0 Å². The van der Waals surface area contributed by atoms with E-state index in [0.29, 0.717) is 11.6 Å². The van der Waals surface area contributed by atoms with Crippen LogP contribution in [0.4, 0.5) is 24.7 Å². The van der Waals surface area contributed by atoms with Crippen LogP contribution < -0.4 is 5.32 Å². The van der Waals surface area contributed by atoms with Crippen molar-refractivity contribution in [2.75, 3.05) is 5.32 Å². The van der Waals surface area contributed by atoms with Crippen LogP contribution in [0.15, 0.2) is 18.3 Å². The summed E-state index contributed by atoms with van der Waals surface area (Å²) in [6.07, 6.45) is 1.48. The van der Waals surface area contributed by atoms with Gasteiger partial charge in [-0.3, -0.25) is 0 Å². The minimum absolute atomic E-state index is 0.160. The van der Waals surface area contributed by atoms with Crippen LogP contribution in [-0.2, 0) is 0 Å². The monoisotopic (exact) mass is 296 g/mol. The second-order valence-corrected chi connectivity index (χ2v) is 4.52. The van der Waals surface area contributed by atoms with Gasteiger partial charge in [0, 0.05) is 6.20 Å². The number of nitrogens with one attached hydrogen (secondary N) is 1. The van der Waals surface area contributed by atoms with Gasteiger partial charge in [-0.15, -0.1) is 0 Å². The average molecular weight is 296 g/mol. The van der Waals surface area contributed by atoms with Crippen molar-refractivity contribution >= 4 is 17.5 Å². The van der Waals surface area contributed by atoms with Gasteiger partial charge in [0.05, 0.1) is 11.3 Å². The second kappa shape index (κ2) is 5.43. The highest BCUT2D eigenvalue weighted by atomic mass is 19.2. The fourth-order valence-corrected chi connectivity index (χ4v) is 1.85. The van der Waals surface area contributed by atoms with Gasteiger partial charge in [0.15, 0.2) is 17.5 Å². The fourth-order valence-electron chi connectivity index (χ4n) is 1.85. The minimum atomic E-state index is -1.74. The SMILES string of the molecule is Cc1cnc(Nc2c(C(=O)O)cc(F)c(F)c2F)c(C)c1. The summed E-state index contributed by atoms with van der Waals surface area (Å²) in [6, 6.07) is 2.15. The molecule has 0 radical (unpaired) electrons. The molecule has 0 aliphatic carbocycles. The Bertz CT molecular complexity index is 733. The number of carbonyl (C=O) groups is 1. The molecule has 1 heterocycles. The number of hydrogen-bond acceptors (Lipinski definition) is 3. The molecule has 7 heteroatoms. The third kappa shape index (κ3) is 2.81. The summed E-state index contributed by atoms with van der Waals surface area (Å²) in [4.78, 5) is 15.0. The summed E-state index contributed by atoms with van der Waals surface area (Å²) in [6.45, 7) is 3.46. The molecule has 1 aromatic carbocycles. The number of carboxylic acids is 1. The molecule has 0 spiro atoms. The molecule has 110 valence electrons. The number of pyridine rings is 1. The molecule has 0 aliphatic heterocycles. The molecule has 0 atom stereocenters. The van der Waals surface area contributed by atoms with E-state index in [4.69, 9.17) is 5.11 Å². The number of anilines is 2. The van der Waals surface area contributed by atoms with Crippen LogP contribution in [0.1, 0.15) is 21.5 Å². The summed E-state index contributed by atoms with van der Waals surface area (Å²) < 4.78 is 40.2. The van der Waals surface area contributed by atoms with Gasteiger partial charge in [0.1, 0.15) is 5.82 Å². The first kappa shape index (κ1) is 14.8. The molecule has 4 nitrogen and oxygen atoms in total. The molecular weight excluding hydrogens is 285 g/mol. The number of aromatic carboxylic acids is 1. The molecule has 0 fully saturated rings. The number of aryl methyl sites for hydroxylation is 2. The van der Waals surface area contributed by atoms with Crippen LogP contribution in [0.2, 0.25) is 0 Å². The van der Waals surface area contributed by atoms with Crippen molar-refractivity contribution in [1.82, 2.24) is 4.98 Å². The normalized spacial score (nSPS) is 10.5. The topological polar surface area (TPSA) is 62.2 Å². The lowest BCUT2D eigenvalue weighted by molar-refractivity contribution is 0.0696. The standard InChI is InChI=1S/C14H11F3N2O2/c1-6-3-7(2)13(18-5-6)19-12-8(14(20)21)4-9(15)10(16)11(12)17/h3-5H,1-2H3,(H,18,19)(H,20,21). The van der Waals surface area contributed by atoms with Gasteiger partial charge in [-0.25, -0.2) is 22.9 Å². The van der Waals surface area contributed by atoms with Gasteiger partial charge in [-0.2, -0.15) is 0 Å². The van der Waals surface area contributed by atoms with Gasteiger partial charge in [-0.05, 0) is 31.0 Å². The first-order valence-electron chi connectivity index (χ1n) is 5.92. The zero-order valence-corrected chi connectivity index (χ0v) is 11.2. The molecule has 2 rings (SSSR count). The fraction of sp³-hybridized carbons (Fsp3) is 0.143. The third-order valence-corrected chi connectivity index (χ3v) is 2.85. The van der Waals surface area contributed by atoms with Gasteiger partial charge < -0.3 is 10.4 Å². The minimum Gasteiger partial charge on any atom is -0.478 e. The highest BCUT2D eigenvalue weighted by molar-refractivity contribution is 5.95. The molecule has 21 heavy (non-hydrogen) atoms. The first-order chi connectivity index (χ1) is 9.81. The van der Waals surface area contributed by atoms with Gasteiger partial charge >= 0.3 is 5.97 Å². The van der Waals surface area contributed by atoms with Crippen LogP contribution in [0, 0.1) is 31.3 Å². The quantitative estimate of drug-likeness (QED) is 0.850. The van der Waals surface area contributed by atoms with Gasteiger partial charge in [0.25, 0.3) is 0 Å². The lowest BCUT2D eigenvalue weighted by Gasteiger charge is -2.13. The Labute approximate surface area is 118 Å². The number of benzene rings is 1. The number of rotatable bonds is 3. The highest BCUT2D eigenvalue weighted by Gasteiger charge is 2.23. The summed E-state index contributed by atoms with van der Waals surface area (Å²) in [7, 11) is 0. The summed E-state index contributed by atoms with van der Waals surface area (Å²) in [5, 5.41) is 11.4. The number of aromatic nitrogens is 1. The molecule has 1 aromatic heterocycles. The number of halogens is 3. The predicted octanol–water partition coefficient (Wildman–Crippen LogP) is 3.56. The molecule has 0 bridgehead atoms. The molecular formula is C14H11F3N2O2. The maximum Gasteiger partial charge on any atom is 0.338 e. The van der Waals surface area contributed by atoms with Crippen molar-refractivity contribution in [2.45, 2.75) is 13.8 Å². The Balaban J connectivity index is 2.57. The van der Waals surface area contributed by atoms with Crippen molar-refractivity contribution in [3.05, 3.63) is 52.5 Å². The Hall–Kier alpha value is -2.57. The number of nitrogens with zero attached hydrogens (tertiary/aromatic N) is 1. The van der Waals surface area contributed by atoms with E-state index in [9.17, 15) is 18.0 Å². The van der Waals surface area contributed by atoms with Crippen LogP contribution in [-0.4, -0.2) is 16.1 Å². The summed E-state index contributed by atoms with van der Waals surface area (Å²) in [5.74, 6) is -6.33. The Morgan fingerprint density at radius 3 is 2.43 bits per heavy atom. The van der Waals surface area contributed by atoms with E-state index in [1.165, 1.54) is 6.20 Å². The maximum absolute atomic E-state index is 13.8. The first-order valence-corrected chi connectivity index (χ1v) is 5.92. The molecule has 2 aromatic rings. The maximum atomic E-state index is 13.8. The predicted molar refractivity (Wildman–Crippen MR) is 70.3 cm³/mol. The lowest BCUT2D eigenvalue weighted by atomic mass is 10.1. The largest absolute Gasteiger partial charge is 0.478 e. The van der Waals surface area contributed by atoms with Crippen molar-refractivity contribution in [3.63, 3.8) is 0 Å². The van der Waals surface area contributed by atoms with Crippen LogP contribution in [0.5, 0.6) is 0 Å². The van der Waals surface area contributed by atoms with E-state index >= 15 is 0 Å². The Kier molecular flexibility index (Phi) is 3.84. The zero-order chi connectivity index (χ0) is 15.7. The Morgan fingerprint density at radius 1 is 1.19 bits per heavy atom. The zero-order valence-electron chi connectivity index (χ0n) is 11.2. The summed E-state index contributed by atoms with van der Waals surface area (Å²) >= 11 is 0. The molecule has 0 unspecified atom stereocenters. The van der Waals surface area contributed by atoms with Gasteiger partial charge in [0.2, 0.25) is 0 Å². The number of carboxylic acid groups (broad SMARTS) is 1. The molecule has 0 amide bonds. The second-order valence-electron chi connectivity index (χ2n) is 4.52. The van der Waals surface area contributed by atoms with E-state index in [0.717, 1.165) is 5.56 Å². The highest BCUT2D eigenvalue weighted by Crippen LogP contribution is 2.28. The molecule has 0 saturated heterocycles. The van der Waals surface area contributed by atoms with E-state index < -0.39 is 34.7 Å². The van der Waals surface area contributed by atoms with E-state index in [1.807, 2.05) is 0 Å². The molecule has 2 N–H and O–H groups in total. The van der Waals surface area contributed by atoms with Crippen molar-refractivity contribution in [2.24, 2.45) is 0 Å². The number of hydrogen-bond donors (Lipinski definition) is 2. The van der Waals surface area contributed by atoms with Gasteiger partial charge in [-0.1, -0.05) is 6.07 Å². The van der Waals surface area contributed by atoms with Crippen molar-refractivity contribution in [1.29, 1.82) is 0 Å². The van der Waals surface area contributed by atoms with E-state index in [2.05, 4.69) is 10.3 Å². The van der Waals surface area contributed by atoms with Crippen molar-refractivity contribution in [3.8, 4) is 0 Å². The van der Waals surface area contributed by atoms with Crippen LogP contribution in [0.3, 0.4) is 0 Å². The average Bonchev–Trinajstić information content (AvgIpc) is 2.41. The summed E-state index contributed by atoms with van der Waals surface area (Å²) in [5.41, 5.74) is 0.0757. The molecule has 0 aliphatic rings. The molecule has 0 saturated carbocycles.